The van der Waals surface area contributed by atoms with E-state index in [1.807, 2.05) is 0 Å². The van der Waals surface area contributed by atoms with Gasteiger partial charge in [-0.25, -0.2) is 0 Å². The van der Waals surface area contributed by atoms with Crippen LogP contribution in [0.2, 0.25) is 0 Å². The maximum atomic E-state index is 12.5. The standard InChI is InChI=1S/C15H11NO2/c17-14-10-5-6-16-7-11(10)15(18)13-9-3-1-8(2-4-9)12(13)14/h1,3,5-9H,2,4H2/t8-,9-/m0/s1. The molecule has 1 aromatic heterocycles. The van der Waals surface area contributed by atoms with Gasteiger partial charge in [0.2, 0.25) is 0 Å². The number of fused-ring (bicyclic) bond motifs is 2. The van der Waals surface area contributed by atoms with Gasteiger partial charge >= 0.3 is 0 Å². The van der Waals surface area contributed by atoms with Crippen molar-refractivity contribution in [3.63, 3.8) is 0 Å². The molecule has 0 aromatic carbocycles. The molecule has 2 atom stereocenters. The Morgan fingerprint density at radius 1 is 0.944 bits per heavy atom. The molecule has 0 unspecified atom stereocenters. The van der Waals surface area contributed by atoms with Crippen molar-refractivity contribution in [2.75, 3.05) is 0 Å². The summed E-state index contributed by atoms with van der Waals surface area (Å²) in [5.41, 5.74) is 2.48. The minimum absolute atomic E-state index is 0.00625. The number of hydrogen-bond acceptors (Lipinski definition) is 3. The van der Waals surface area contributed by atoms with Crippen molar-refractivity contribution in [3.8, 4) is 0 Å². The Labute approximate surface area is 104 Å². The molecule has 0 N–H and O–H groups in total. The largest absolute Gasteiger partial charge is 0.289 e. The van der Waals surface area contributed by atoms with Crippen LogP contribution in [0, 0.1) is 11.8 Å². The third kappa shape index (κ3) is 1.07. The van der Waals surface area contributed by atoms with Gasteiger partial charge in [0.25, 0.3) is 0 Å². The first-order valence-electron chi connectivity index (χ1n) is 6.23. The van der Waals surface area contributed by atoms with Gasteiger partial charge in [0.05, 0.1) is 5.56 Å². The fourth-order valence-electron chi connectivity index (χ4n) is 3.35. The van der Waals surface area contributed by atoms with Crippen LogP contribution in [0.4, 0.5) is 0 Å². The quantitative estimate of drug-likeness (QED) is 0.651. The summed E-state index contributed by atoms with van der Waals surface area (Å²) in [7, 11) is 0. The SMILES string of the molecule is O=C1C2=C(C(=O)c3cnccc31)[C@H]1C=C[C@H]2CC1. The Bertz CT molecular complexity index is 599. The smallest absolute Gasteiger partial charge is 0.192 e. The number of carbonyl (C=O) groups is 2. The van der Waals surface area contributed by atoms with Gasteiger partial charge in [0, 0.05) is 40.9 Å². The van der Waals surface area contributed by atoms with Gasteiger partial charge in [-0.1, -0.05) is 12.2 Å². The van der Waals surface area contributed by atoms with Gasteiger partial charge in [0.15, 0.2) is 11.6 Å². The zero-order valence-electron chi connectivity index (χ0n) is 9.72. The number of hydrogen-bond donors (Lipinski definition) is 0. The number of aromatic nitrogens is 1. The molecule has 0 saturated carbocycles. The number of carbonyl (C=O) groups excluding carboxylic acids is 2. The first-order valence-corrected chi connectivity index (χ1v) is 6.23. The maximum Gasteiger partial charge on any atom is 0.192 e. The van der Waals surface area contributed by atoms with Crippen LogP contribution in [0.3, 0.4) is 0 Å². The number of nitrogens with zero attached hydrogens (tertiary/aromatic N) is 1. The van der Waals surface area contributed by atoms with Gasteiger partial charge < -0.3 is 0 Å². The molecular formula is C15H11NO2. The summed E-state index contributed by atoms with van der Waals surface area (Å²) in [5, 5.41) is 0. The molecule has 1 aromatic rings. The molecule has 0 radical (unpaired) electrons. The zero-order chi connectivity index (χ0) is 12.3. The second kappa shape index (κ2) is 3.25. The van der Waals surface area contributed by atoms with Crippen LogP contribution in [0.5, 0.6) is 0 Å². The van der Waals surface area contributed by atoms with E-state index in [1.165, 1.54) is 6.20 Å². The van der Waals surface area contributed by atoms with E-state index in [4.69, 9.17) is 0 Å². The molecule has 0 fully saturated rings. The lowest BCUT2D eigenvalue weighted by atomic mass is 9.65. The van der Waals surface area contributed by atoms with Crippen molar-refractivity contribution in [1.82, 2.24) is 4.98 Å². The predicted octanol–water partition coefficient (Wildman–Crippen LogP) is 2.35. The van der Waals surface area contributed by atoms with E-state index in [9.17, 15) is 9.59 Å². The number of allylic oxidation sites excluding steroid dienone is 4. The third-order valence-corrected chi connectivity index (χ3v) is 4.20. The predicted molar refractivity (Wildman–Crippen MR) is 65.3 cm³/mol. The second-order valence-electron chi connectivity index (χ2n) is 5.08. The summed E-state index contributed by atoms with van der Waals surface area (Å²) in [6.07, 6.45) is 9.23. The molecule has 4 aliphatic carbocycles. The fourth-order valence-corrected chi connectivity index (χ4v) is 3.35. The van der Waals surface area contributed by atoms with E-state index >= 15 is 0 Å². The molecule has 0 saturated heterocycles. The Morgan fingerprint density at radius 3 is 2.17 bits per heavy atom. The average molecular weight is 237 g/mol. The van der Waals surface area contributed by atoms with Crippen LogP contribution in [-0.2, 0) is 0 Å². The monoisotopic (exact) mass is 237 g/mol. The van der Waals surface area contributed by atoms with Crippen LogP contribution in [0.25, 0.3) is 0 Å². The first-order chi connectivity index (χ1) is 8.77. The van der Waals surface area contributed by atoms with E-state index in [0.29, 0.717) is 11.1 Å². The highest BCUT2D eigenvalue weighted by molar-refractivity contribution is 6.27. The summed E-state index contributed by atoms with van der Waals surface area (Å²) >= 11 is 0. The Hall–Kier alpha value is -2.03. The first kappa shape index (κ1) is 9.95. The maximum absolute atomic E-state index is 12.5. The Kier molecular flexibility index (Phi) is 1.80. The van der Waals surface area contributed by atoms with Crippen molar-refractivity contribution in [1.29, 1.82) is 0 Å². The molecule has 18 heavy (non-hydrogen) atoms. The van der Waals surface area contributed by atoms with Crippen LogP contribution in [0.1, 0.15) is 33.6 Å². The van der Waals surface area contributed by atoms with Gasteiger partial charge in [-0.05, 0) is 18.9 Å². The summed E-state index contributed by atoms with van der Waals surface area (Å²) in [5.74, 6) is 0.311. The normalized spacial score (nSPS) is 28.4. The summed E-state index contributed by atoms with van der Waals surface area (Å²) < 4.78 is 0. The molecule has 0 aliphatic heterocycles. The van der Waals surface area contributed by atoms with Crippen LogP contribution < -0.4 is 0 Å². The highest BCUT2D eigenvalue weighted by Crippen LogP contribution is 2.45. The zero-order valence-corrected chi connectivity index (χ0v) is 9.72. The van der Waals surface area contributed by atoms with Crippen molar-refractivity contribution < 1.29 is 9.59 Å². The molecule has 88 valence electrons. The lowest BCUT2D eigenvalue weighted by Gasteiger charge is -2.37. The molecule has 1 heterocycles. The highest BCUT2D eigenvalue weighted by atomic mass is 16.1. The third-order valence-electron chi connectivity index (χ3n) is 4.20. The van der Waals surface area contributed by atoms with Crippen molar-refractivity contribution in [2.24, 2.45) is 11.8 Å². The minimum atomic E-state index is 0.00625. The Balaban J connectivity index is 1.99. The van der Waals surface area contributed by atoms with Crippen molar-refractivity contribution >= 4 is 11.6 Å². The molecule has 3 nitrogen and oxygen atoms in total. The Morgan fingerprint density at radius 2 is 1.56 bits per heavy atom. The minimum Gasteiger partial charge on any atom is -0.289 e. The molecular weight excluding hydrogens is 226 g/mol. The summed E-state index contributed by atoms with van der Waals surface area (Å²) in [6, 6.07) is 1.66. The van der Waals surface area contributed by atoms with Gasteiger partial charge in [0.1, 0.15) is 0 Å². The number of pyridine rings is 1. The van der Waals surface area contributed by atoms with Crippen LogP contribution >= 0.6 is 0 Å². The van der Waals surface area contributed by atoms with Crippen molar-refractivity contribution in [3.05, 3.63) is 52.9 Å². The topological polar surface area (TPSA) is 47.0 Å². The lowest BCUT2D eigenvalue weighted by Crippen LogP contribution is -2.34. The van der Waals surface area contributed by atoms with E-state index in [-0.39, 0.29) is 23.4 Å². The van der Waals surface area contributed by atoms with E-state index in [2.05, 4.69) is 17.1 Å². The lowest BCUT2D eigenvalue weighted by molar-refractivity contribution is 0.0949. The molecule has 0 spiro atoms. The van der Waals surface area contributed by atoms with Gasteiger partial charge in [-0.15, -0.1) is 0 Å². The molecule has 0 amide bonds. The van der Waals surface area contributed by atoms with Crippen LogP contribution in [0.15, 0.2) is 41.8 Å². The van der Waals surface area contributed by atoms with E-state index in [1.54, 1.807) is 12.3 Å². The van der Waals surface area contributed by atoms with Crippen molar-refractivity contribution in [2.45, 2.75) is 12.8 Å². The number of ketones is 2. The fraction of sp³-hybridized carbons (Fsp3) is 0.267. The summed E-state index contributed by atoms with van der Waals surface area (Å²) in [6.45, 7) is 0. The highest BCUT2D eigenvalue weighted by Gasteiger charge is 2.42. The van der Waals surface area contributed by atoms with E-state index < -0.39 is 0 Å². The molecule has 3 heteroatoms. The molecule has 5 rings (SSSR count). The average Bonchev–Trinajstić information content (AvgIpc) is 2.45. The second-order valence-corrected chi connectivity index (χ2v) is 5.08. The molecule has 4 aliphatic rings. The number of rotatable bonds is 0. The van der Waals surface area contributed by atoms with Gasteiger partial charge in [-0.3, -0.25) is 14.6 Å². The van der Waals surface area contributed by atoms with Gasteiger partial charge in [-0.2, -0.15) is 0 Å². The molecule has 2 bridgehead atoms. The van der Waals surface area contributed by atoms with Crippen LogP contribution in [-0.4, -0.2) is 16.6 Å². The van der Waals surface area contributed by atoms with E-state index in [0.717, 1.165) is 24.0 Å². The summed E-state index contributed by atoms with van der Waals surface area (Å²) in [4.78, 5) is 29.0. The number of Topliss-reactive ketones (excluding diaryl/α,β-unsaturated/α-hetero) is 2.